The Morgan fingerprint density at radius 1 is 0.486 bits per heavy atom. The van der Waals surface area contributed by atoms with Gasteiger partial charge in [0, 0.05) is 39.9 Å². The van der Waals surface area contributed by atoms with Crippen LogP contribution in [0, 0.1) is 0 Å². The van der Waals surface area contributed by atoms with Crippen LogP contribution in [-0.2, 0) is 0 Å². The standard InChI is InChI=1S/C33H21N3O/c1-2-7-23(8-3-1)29-21-35-32(25-16-17-28-27-10-4-5-11-30(27)37-31(28)19-25)33(36-29)24-14-12-22(13-15-24)26-9-6-18-34-20-26/h1-21H. The minimum Gasteiger partial charge on any atom is -0.456 e. The zero-order chi connectivity index (χ0) is 24.6. The Morgan fingerprint density at radius 2 is 1.22 bits per heavy atom. The molecule has 174 valence electrons. The van der Waals surface area contributed by atoms with Crippen molar-refractivity contribution in [3.63, 3.8) is 0 Å². The molecule has 37 heavy (non-hydrogen) atoms. The summed E-state index contributed by atoms with van der Waals surface area (Å²) in [6.45, 7) is 0. The first-order valence-corrected chi connectivity index (χ1v) is 12.2. The van der Waals surface area contributed by atoms with E-state index < -0.39 is 0 Å². The van der Waals surface area contributed by atoms with Crippen LogP contribution in [-0.4, -0.2) is 15.0 Å². The smallest absolute Gasteiger partial charge is 0.136 e. The fourth-order valence-corrected chi connectivity index (χ4v) is 4.78. The lowest BCUT2D eigenvalue weighted by atomic mass is 9.99. The molecule has 0 aliphatic rings. The highest BCUT2D eigenvalue weighted by atomic mass is 16.3. The van der Waals surface area contributed by atoms with Gasteiger partial charge in [-0.3, -0.25) is 9.97 Å². The fourth-order valence-electron chi connectivity index (χ4n) is 4.78. The number of para-hydroxylation sites is 1. The Balaban J connectivity index is 1.39. The van der Waals surface area contributed by atoms with E-state index in [9.17, 15) is 0 Å². The van der Waals surface area contributed by atoms with Crippen molar-refractivity contribution in [2.75, 3.05) is 0 Å². The van der Waals surface area contributed by atoms with Crippen LogP contribution in [0.15, 0.2) is 132 Å². The van der Waals surface area contributed by atoms with Gasteiger partial charge in [-0.15, -0.1) is 0 Å². The highest BCUT2D eigenvalue weighted by Gasteiger charge is 2.16. The van der Waals surface area contributed by atoms with E-state index in [1.807, 2.05) is 54.9 Å². The summed E-state index contributed by atoms with van der Waals surface area (Å²) in [5.74, 6) is 0. The summed E-state index contributed by atoms with van der Waals surface area (Å²) in [6.07, 6.45) is 5.51. The summed E-state index contributed by atoms with van der Waals surface area (Å²) in [4.78, 5) is 14.3. The second kappa shape index (κ2) is 8.85. The monoisotopic (exact) mass is 475 g/mol. The first kappa shape index (κ1) is 21.2. The van der Waals surface area contributed by atoms with Crippen molar-refractivity contribution in [3.05, 3.63) is 128 Å². The van der Waals surface area contributed by atoms with Gasteiger partial charge in [-0.25, -0.2) is 4.98 Å². The van der Waals surface area contributed by atoms with Gasteiger partial charge in [0.15, 0.2) is 0 Å². The number of aromatic nitrogens is 3. The zero-order valence-corrected chi connectivity index (χ0v) is 19.9. The third-order valence-corrected chi connectivity index (χ3v) is 6.65. The van der Waals surface area contributed by atoms with Gasteiger partial charge in [0.05, 0.1) is 23.3 Å². The molecule has 0 spiro atoms. The quantitative estimate of drug-likeness (QED) is 0.256. The molecule has 7 aromatic rings. The van der Waals surface area contributed by atoms with Gasteiger partial charge < -0.3 is 4.42 Å². The van der Waals surface area contributed by atoms with Crippen molar-refractivity contribution >= 4 is 21.9 Å². The van der Waals surface area contributed by atoms with Crippen LogP contribution in [0.1, 0.15) is 0 Å². The molecule has 0 radical (unpaired) electrons. The predicted molar refractivity (Wildman–Crippen MR) is 149 cm³/mol. The van der Waals surface area contributed by atoms with Crippen LogP contribution in [0.25, 0.3) is 66.8 Å². The summed E-state index contributed by atoms with van der Waals surface area (Å²) in [6, 6.07) is 37.0. The number of rotatable bonds is 4. The molecule has 4 nitrogen and oxygen atoms in total. The molecule has 0 saturated heterocycles. The Morgan fingerprint density at radius 3 is 2.05 bits per heavy atom. The molecule has 0 unspecified atom stereocenters. The maximum atomic E-state index is 6.16. The summed E-state index contributed by atoms with van der Waals surface area (Å²) >= 11 is 0. The molecule has 0 bridgehead atoms. The Bertz CT molecular complexity index is 1860. The van der Waals surface area contributed by atoms with E-state index in [1.165, 1.54) is 0 Å². The Hall–Kier alpha value is -5.09. The molecule has 0 amide bonds. The van der Waals surface area contributed by atoms with Crippen molar-refractivity contribution in [1.82, 2.24) is 15.0 Å². The minimum absolute atomic E-state index is 0.816. The first-order valence-electron chi connectivity index (χ1n) is 12.2. The van der Waals surface area contributed by atoms with E-state index in [2.05, 4.69) is 71.7 Å². The largest absolute Gasteiger partial charge is 0.456 e. The van der Waals surface area contributed by atoms with Gasteiger partial charge in [-0.2, -0.15) is 0 Å². The number of hydrogen-bond donors (Lipinski definition) is 0. The van der Waals surface area contributed by atoms with E-state index in [0.29, 0.717) is 0 Å². The van der Waals surface area contributed by atoms with Crippen molar-refractivity contribution in [1.29, 1.82) is 0 Å². The zero-order valence-electron chi connectivity index (χ0n) is 19.9. The van der Waals surface area contributed by atoms with Gasteiger partial charge in [0.25, 0.3) is 0 Å². The van der Waals surface area contributed by atoms with E-state index in [-0.39, 0.29) is 0 Å². The summed E-state index contributed by atoms with van der Waals surface area (Å²) in [5.41, 5.74) is 9.37. The third-order valence-electron chi connectivity index (χ3n) is 6.65. The number of nitrogens with zero attached hydrogens (tertiary/aromatic N) is 3. The maximum absolute atomic E-state index is 6.16. The molecule has 0 aliphatic carbocycles. The maximum Gasteiger partial charge on any atom is 0.136 e. The van der Waals surface area contributed by atoms with Crippen LogP contribution in [0.5, 0.6) is 0 Å². The van der Waals surface area contributed by atoms with Crippen molar-refractivity contribution < 1.29 is 4.42 Å². The molecular weight excluding hydrogens is 454 g/mol. The Kier molecular flexibility index (Phi) is 5.07. The molecule has 3 heterocycles. The molecule has 7 rings (SSSR count). The predicted octanol–water partition coefficient (Wildman–Crippen LogP) is 8.44. The number of furan rings is 1. The molecule has 0 atom stereocenters. The van der Waals surface area contributed by atoms with Gasteiger partial charge in [-0.05, 0) is 35.4 Å². The van der Waals surface area contributed by atoms with Crippen molar-refractivity contribution in [2.24, 2.45) is 0 Å². The number of benzene rings is 4. The van der Waals surface area contributed by atoms with Gasteiger partial charge in [0.1, 0.15) is 11.2 Å². The first-order chi connectivity index (χ1) is 18.3. The lowest BCUT2D eigenvalue weighted by Crippen LogP contribution is -1.96. The summed E-state index contributed by atoms with van der Waals surface area (Å²) in [7, 11) is 0. The molecule has 0 N–H and O–H groups in total. The van der Waals surface area contributed by atoms with Gasteiger partial charge >= 0.3 is 0 Å². The number of fused-ring (bicyclic) bond motifs is 3. The van der Waals surface area contributed by atoms with E-state index in [1.54, 1.807) is 6.20 Å². The van der Waals surface area contributed by atoms with Crippen LogP contribution >= 0.6 is 0 Å². The molecule has 0 aliphatic heterocycles. The number of hydrogen-bond acceptors (Lipinski definition) is 4. The van der Waals surface area contributed by atoms with Crippen molar-refractivity contribution in [2.45, 2.75) is 0 Å². The average molecular weight is 476 g/mol. The molecule has 4 aromatic carbocycles. The van der Waals surface area contributed by atoms with Crippen molar-refractivity contribution in [3.8, 4) is 44.9 Å². The second-order valence-corrected chi connectivity index (χ2v) is 8.95. The fraction of sp³-hybridized carbons (Fsp3) is 0. The van der Waals surface area contributed by atoms with E-state index >= 15 is 0 Å². The van der Waals surface area contributed by atoms with Crippen LogP contribution in [0.3, 0.4) is 0 Å². The van der Waals surface area contributed by atoms with Crippen LogP contribution < -0.4 is 0 Å². The van der Waals surface area contributed by atoms with Crippen LogP contribution in [0.4, 0.5) is 0 Å². The lowest BCUT2D eigenvalue weighted by molar-refractivity contribution is 0.669. The molecular formula is C33H21N3O. The summed E-state index contributed by atoms with van der Waals surface area (Å²) < 4.78 is 6.16. The average Bonchev–Trinajstić information content (AvgIpc) is 3.36. The number of pyridine rings is 1. The summed E-state index contributed by atoms with van der Waals surface area (Å²) in [5, 5.41) is 2.20. The van der Waals surface area contributed by atoms with Crippen LogP contribution in [0.2, 0.25) is 0 Å². The highest BCUT2D eigenvalue weighted by Crippen LogP contribution is 2.36. The minimum atomic E-state index is 0.816. The van der Waals surface area contributed by atoms with Gasteiger partial charge in [-0.1, -0.05) is 84.9 Å². The second-order valence-electron chi connectivity index (χ2n) is 8.95. The van der Waals surface area contributed by atoms with E-state index in [0.717, 1.165) is 66.8 Å². The lowest BCUT2D eigenvalue weighted by Gasteiger charge is -2.12. The molecule has 4 heteroatoms. The molecule has 0 saturated carbocycles. The highest BCUT2D eigenvalue weighted by molar-refractivity contribution is 6.06. The molecule has 3 aromatic heterocycles. The Labute approximate surface area is 213 Å². The normalized spacial score (nSPS) is 11.2. The van der Waals surface area contributed by atoms with E-state index in [4.69, 9.17) is 14.4 Å². The SMILES string of the molecule is c1ccc(-c2cnc(-c3ccc4c(c3)oc3ccccc34)c(-c3ccc(-c4cccnc4)cc3)n2)cc1. The third kappa shape index (κ3) is 3.85. The topological polar surface area (TPSA) is 51.8 Å². The van der Waals surface area contributed by atoms with Gasteiger partial charge in [0.2, 0.25) is 0 Å². The molecule has 0 fully saturated rings.